The molecule has 1 aromatic rings. The molecule has 4 amide bonds. The van der Waals surface area contributed by atoms with Crippen LogP contribution in [0.5, 0.6) is 0 Å². The van der Waals surface area contributed by atoms with Crippen LogP contribution in [0.25, 0.3) is 0 Å². The predicted molar refractivity (Wildman–Crippen MR) is 100.0 cm³/mol. The fourth-order valence-corrected chi connectivity index (χ4v) is 3.27. The molecule has 1 fully saturated rings. The second kappa shape index (κ2) is 8.55. The lowest BCUT2D eigenvalue weighted by molar-refractivity contribution is 0.243. The first kappa shape index (κ1) is 17.3. The van der Waals surface area contributed by atoms with Crippen molar-refractivity contribution in [2.45, 2.75) is 38.5 Å². The van der Waals surface area contributed by atoms with Gasteiger partial charge in [-0.1, -0.05) is 17.7 Å². The monoisotopic (exact) mass is 342 g/mol. The van der Waals surface area contributed by atoms with Crippen LogP contribution >= 0.6 is 0 Å². The standard InChI is InChI=1S/C19H26N4O2/c24-18(20-12-10-15-6-2-1-3-7-15)22-16-8-4-9-17(14-16)23-13-5-11-21-19(23)25/h4,6,8-9,14H,1-3,5,7,10-13H2,(H,21,25)(H2,20,22,24). The van der Waals surface area contributed by atoms with Gasteiger partial charge in [-0.25, -0.2) is 9.59 Å². The fraction of sp³-hybridized carbons (Fsp3) is 0.474. The van der Waals surface area contributed by atoms with Gasteiger partial charge in [0.25, 0.3) is 0 Å². The Morgan fingerprint density at radius 2 is 2.16 bits per heavy atom. The van der Waals surface area contributed by atoms with Gasteiger partial charge in [0.1, 0.15) is 0 Å². The quantitative estimate of drug-likeness (QED) is 0.715. The molecule has 1 heterocycles. The summed E-state index contributed by atoms with van der Waals surface area (Å²) < 4.78 is 0. The van der Waals surface area contributed by atoms with Crippen molar-refractivity contribution in [2.75, 3.05) is 29.9 Å². The molecule has 6 heteroatoms. The van der Waals surface area contributed by atoms with Gasteiger partial charge in [0.15, 0.2) is 0 Å². The van der Waals surface area contributed by atoms with Crippen LogP contribution in [0.2, 0.25) is 0 Å². The van der Waals surface area contributed by atoms with Gasteiger partial charge in [-0.15, -0.1) is 0 Å². The number of benzene rings is 1. The van der Waals surface area contributed by atoms with Crippen molar-refractivity contribution in [2.24, 2.45) is 0 Å². The number of allylic oxidation sites excluding steroid dienone is 1. The Kier molecular flexibility index (Phi) is 5.93. The van der Waals surface area contributed by atoms with Crippen LogP contribution < -0.4 is 20.9 Å². The van der Waals surface area contributed by atoms with Crippen LogP contribution in [0, 0.1) is 0 Å². The van der Waals surface area contributed by atoms with Gasteiger partial charge in [-0.2, -0.15) is 0 Å². The highest BCUT2D eigenvalue weighted by molar-refractivity contribution is 5.94. The average molecular weight is 342 g/mol. The van der Waals surface area contributed by atoms with E-state index in [2.05, 4.69) is 22.0 Å². The van der Waals surface area contributed by atoms with E-state index in [-0.39, 0.29) is 12.1 Å². The van der Waals surface area contributed by atoms with E-state index in [1.165, 1.54) is 24.8 Å². The molecule has 25 heavy (non-hydrogen) atoms. The van der Waals surface area contributed by atoms with Crippen LogP contribution in [0.15, 0.2) is 35.9 Å². The number of hydrogen-bond donors (Lipinski definition) is 3. The Balaban J connectivity index is 1.50. The fourth-order valence-electron chi connectivity index (χ4n) is 3.27. The average Bonchev–Trinajstić information content (AvgIpc) is 2.63. The van der Waals surface area contributed by atoms with E-state index in [9.17, 15) is 9.59 Å². The summed E-state index contributed by atoms with van der Waals surface area (Å²) in [5.41, 5.74) is 2.93. The summed E-state index contributed by atoms with van der Waals surface area (Å²) in [6.45, 7) is 2.05. The first-order valence-electron chi connectivity index (χ1n) is 9.10. The molecule has 1 saturated heterocycles. The third-order valence-electron chi connectivity index (χ3n) is 4.61. The predicted octanol–water partition coefficient (Wildman–Crippen LogP) is 3.62. The Hall–Kier alpha value is -2.50. The third-order valence-corrected chi connectivity index (χ3v) is 4.61. The van der Waals surface area contributed by atoms with Crippen LogP contribution in [0.3, 0.4) is 0 Å². The number of nitrogens with zero attached hydrogens (tertiary/aromatic N) is 1. The summed E-state index contributed by atoms with van der Waals surface area (Å²) in [7, 11) is 0. The molecule has 3 N–H and O–H groups in total. The van der Waals surface area contributed by atoms with E-state index in [0.717, 1.165) is 24.9 Å². The largest absolute Gasteiger partial charge is 0.338 e. The zero-order valence-electron chi connectivity index (χ0n) is 14.5. The molecule has 0 aromatic heterocycles. The normalized spacial score (nSPS) is 17.5. The van der Waals surface area contributed by atoms with Crippen molar-refractivity contribution >= 4 is 23.4 Å². The van der Waals surface area contributed by atoms with Gasteiger partial charge in [-0.3, -0.25) is 4.90 Å². The molecule has 0 bridgehead atoms. The third kappa shape index (κ3) is 4.98. The molecular weight excluding hydrogens is 316 g/mol. The number of hydrogen-bond acceptors (Lipinski definition) is 2. The molecule has 134 valence electrons. The van der Waals surface area contributed by atoms with E-state index in [1.54, 1.807) is 4.90 Å². The first-order valence-corrected chi connectivity index (χ1v) is 9.10. The Bertz CT molecular complexity index is 657. The highest BCUT2D eigenvalue weighted by atomic mass is 16.2. The summed E-state index contributed by atoms with van der Waals surface area (Å²) in [6.07, 6.45) is 9.00. The Morgan fingerprint density at radius 3 is 2.96 bits per heavy atom. The Morgan fingerprint density at radius 1 is 1.24 bits per heavy atom. The SMILES string of the molecule is O=C(NCCC1=CCCCC1)Nc1cccc(N2CCCNC2=O)c1. The zero-order valence-corrected chi connectivity index (χ0v) is 14.5. The van der Waals surface area contributed by atoms with Crippen LogP contribution in [0.1, 0.15) is 38.5 Å². The van der Waals surface area contributed by atoms with E-state index in [1.807, 2.05) is 24.3 Å². The molecular formula is C19H26N4O2. The molecule has 6 nitrogen and oxygen atoms in total. The van der Waals surface area contributed by atoms with Crippen molar-refractivity contribution < 1.29 is 9.59 Å². The second-order valence-corrected chi connectivity index (χ2v) is 6.53. The van der Waals surface area contributed by atoms with E-state index < -0.39 is 0 Å². The lowest BCUT2D eigenvalue weighted by Crippen LogP contribution is -2.46. The van der Waals surface area contributed by atoms with E-state index in [4.69, 9.17) is 0 Å². The summed E-state index contributed by atoms with van der Waals surface area (Å²) in [4.78, 5) is 25.7. The van der Waals surface area contributed by atoms with Crippen molar-refractivity contribution in [3.8, 4) is 0 Å². The van der Waals surface area contributed by atoms with Gasteiger partial charge in [0, 0.05) is 31.0 Å². The minimum Gasteiger partial charge on any atom is -0.338 e. The topological polar surface area (TPSA) is 73.5 Å². The van der Waals surface area contributed by atoms with Crippen molar-refractivity contribution in [3.05, 3.63) is 35.9 Å². The molecule has 0 saturated carbocycles. The van der Waals surface area contributed by atoms with Gasteiger partial charge in [0.05, 0.1) is 0 Å². The van der Waals surface area contributed by atoms with Crippen LogP contribution in [-0.2, 0) is 0 Å². The highest BCUT2D eigenvalue weighted by Crippen LogP contribution is 2.21. The molecule has 0 atom stereocenters. The molecule has 0 spiro atoms. The minimum absolute atomic E-state index is 0.0893. The van der Waals surface area contributed by atoms with Crippen LogP contribution in [-0.4, -0.2) is 31.7 Å². The lowest BCUT2D eigenvalue weighted by atomic mass is 9.97. The second-order valence-electron chi connectivity index (χ2n) is 6.53. The van der Waals surface area contributed by atoms with E-state index in [0.29, 0.717) is 25.3 Å². The van der Waals surface area contributed by atoms with Crippen molar-refractivity contribution in [3.63, 3.8) is 0 Å². The molecule has 0 unspecified atom stereocenters. The summed E-state index contributed by atoms with van der Waals surface area (Å²) in [5.74, 6) is 0. The number of rotatable bonds is 5. The van der Waals surface area contributed by atoms with Crippen molar-refractivity contribution in [1.82, 2.24) is 10.6 Å². The van der Waals surface area contributed by atoms with Crippen molar-refractivity contribution in [1.29, 1.82) is 0 Å². The maximum absolute atomic E-state index is 12.1. The lowest BCUT2D eigenvalue weighted by Gasteiger charge is -2.27. The number of carbonyl (C=O) groups excluding carboxylic acids is 2. The highest BCUT2D eigenvalue weighted by Gasteiger charge is 2.19. The summed E-state index contributed by atoms with van der Waals surface area (Å²) in [6, 6.07) is 7.08. The Labute approximate surface area is 148 Å². The first-order chi connectivity index (χ1) is 12.2. The summed E-state index contributed by atoms with van der Waals surface area (Å²) >= 11 is 0. The minimum atomic E-state index is -0.211. The number of carbonyl (C=O) groups is 2. The molecule has 0 radical (unpaired) electrons. The molecule has 3 rings (SSSR count). The molecule has 1 aromatic carbocycles. The number of urea groups is 2. The smallest absolute Gasteiger partial charge is 0.321 e. The summed E-state index contributed by atoms with van der Waals surface area (Å²) in [5, 5.41) is 8.58. The van der Waals surface area contributed by atoms with Crippen LogP contribution in [0.4, 0.5) is 21.0 Å². The number of anilines is 2. The van der Waals surface area contributed by atoms with Gasteiger partial charge in [-0.05, 0) is 56.7 Å². The van der Waals surface area contributed by atoms with E-state index >= 15 is 0 Å². The van der Waals surface area contributed by atoms with Gasteiger partial charge < -0.3 is 16.0 Å². The number of nitrogens with one attached hydrogen (secondary N) is 3. The zero-order chi connectivity index (χ0) is 17.5. The molecule has 1 aliphatic carbocycles. The molecule has 2 aliphatic rings. The number of amides is 4. The maximum Gasteiger partial charge on any atom is 0.321 e. The maximum atomic E-state index is 12.1. The van der Waals surface area contributed by atoms with Gasteiger partial charge in [0.2, 0.25) is 0 Å². The van der Waals surface area contributed by atoms with Gasteiger partial charge >= 0.3 is 12.1 Å². The molecule has 1 aliphatic heterocycles.